The lowest BCUT2D eigenvalue weighted by molar-refractivity contribution is -0.137. The SMILES string of the molecule is FC(F)(F)c1ccc2sc(Nc3ccc(Cl)cc3)nc2c1. The van der Waals surface area contributed by atoms with E-state index in [2.05, 4.69) is 10.3 Å². The number of alkyl halides is 3. The van der Waals surface area contributed by atoms with Crippen molar-refractivity contribution in [3.8, 4) is 0 Å². The van der Waals surface area contributed by atoms with Crippen molar-refractivity contribution in [2.45, 2.75) is 6.18 Å². The number of halogens is 4. The highest BCUT2D eigenvalue weighted by Crippen LogP contribution is 2.34. The van der Waals surface area contributed by atoms with Crippen LogP contribution in [0.4, 0.5) is 24.0 Å². The second-order valence-corrected chi connectivity index (χ2v) is 5.80. The van der Waals surface area contributed by atoms with E-state index in [1.54, 1.807) is 24.3 Å². The number of nitrogens with one attached hydrogen (secondary N) is 1. The highest BCUT2D eigenvalue weighted by atomic mass is 35.5. The molecule has 0 saturated heterocycles. The van der Waals surface area contributed by atoms with Gasteiger partial charge in [-0.2, -0.15) is 13.2 Å². The Labute approximate surface area is 127 Å². The topological polar surface area (TPSA) is 24.9 Å². The molecule has 0 aliphatic heterocycles. The van der Waals surface area contributed by atoms with Gasteiger partial charge in [-0.05, 0) is 42.5 Å². The average Bonchev–Trinajstić information content (AvgIpc) is 2.81. The monoisotopic (exact) mass is 328 g/mol. The normalized spacial score (nSPS) is 11.8. The summed E-state index contributed by atoms with van der Waals surface area (Å²) in [6.45, 7) is 0. The Balaban J connectivity index is 1.92. The lowest BCUT2D eigenvalue weighted by Gasteiger charge is -2.04. The van der Waals surface area contributed by atoms with Crippen LogP contribution in [0.2, 0.25) is 5.02 Å². The van der Waals surface area contributed by atoms with Crippen LogP contribution in [-0.2, 0) is 6.18 Å². The molecule has 2 aromatic carbocycles. The number of aromatic nitrogens is 1. The molecule has 1 N–H and O–H groups in total. The standard InChI is InChI=1S/C14H8ClF3N2S/c15-9-2-4-10(5-3-9)19-13-20-11-7-8(14(16,17)18)1-6-12(11)21-13/h1-7H,(H,19,20). The molecule has 0 atom stereocenters. The van der Waals surface area contributed by atoms with Crippen LogP contribution in [0.25, 0.3) is 10.2 Å². The minimum atomic E-state index is -4.36. The molecule has 1 aromatic heterocycles. The molecule has 0 unspecified atom stereocenters. The molecular formula is C14H8ClF3N2S. The largest absolute Gasteiger partial charge is 0.416 e. The second-order valence-electron chi connectivity index (χ2n) is 4.33. The van der Waals surface area contributed by atoms with Gasteiger partial charge in [0, 0.05) is 10.7 Å². The van der Waals surface area contributed by atoms with Gasteiger partial charge in [0.15, 0.2) is 5.13 Å². The first kappa shape index (κ1) is 14.2. The summed E-state index contributed by atoms with van der Waals surface area (Å²) in [5.74, 6) is 0. The van der Waals surface area contributed by atoms with Gasteiger partial charge >= 0.3 is 6.18 Å². The van der Waals surface area contributed by atoms with Crippen molar-refractivity contribution in [2.24, 2.45) is 0 Å². The molecule has 0 radical (unpaired) electrons. The van der Waals surface area contributed by atoms with Crippen molar-refractivity contribution >= 4 is 44.0 Å². The van der Waals surface area contributed by atoms with E-state index in [-0.39, 0.29) is 0 Å². The molecule has 0 saturated carbocycles. The summed E-state index contributed by atoms with van der Waals surface area (Å²) >= 11 is 7.08. The Morgan fingerprint density at radius 1 is 1.05 bits per heavy atom. The van der Waals surface area contributed by atoms with Crippen LogP contribution < -0.4 is 5.32 Å². The first-order chi connectivity index (χ1) is 9.91. The number of nitrogens with zero attached hydrogens (tertiary/aromatic N) is 1. The second kappa shape index (κ2) is 5.20. The fraction of sp³-hybridized carbons (Fsp3) is 0.0714. The molecule has 3 aromatic rings. The quantitative estimate of drug-likeness (QED) is 0.651. The third-order valence-corrected chi connectivity index (χ3v) is 4.01. The molecule has 108 valence electrons. The van der Waals surface area contributed by atoms with Gasteiger partial charge in [0.1, 0.15) is 0 Å². The van der Waals surface area contributed by atoms with Gasteiger partial charge in [-0.25, -0.2) is 4.98 Å². The number of anilines is 2. The van der Waals surface area contributed by atoms with Crippen LogP contribution in [0.3, 0.4) is 0 Å². The molecule has 21 heavy (non-hydrogen) atoms. The van der Waals surface area contributed by atoms with Crippen molar-refractivity contribution in [1.29, 1.82) is 0 Å². The van der Waals surface area contributed by atoms with Gasteiger partial charge in [-0.1, -0.05) is 22.9 Å². The molecule has 0 bridgehead atoms. The van der Waals surface area contributed by atoms with Gasteiger partial charge in [-0.15, -0.1) is 0 Å². The summed E-state index contributed by atoms with van der Waals surface area (Å²) in [5.41, 5.74) is 0.402. The molecule has 0 aliphatic rings. The van der Waals surface area contributed by atoms with Crippen molar-refractivity contribution < 1.29 is 13.2 Å². The molecule has 1 heterocycles. The highest BCUT2D eigenvalue weighted by molar-refractivity contribution is 7.22. The van der Waals surface area contributed by atoms with Crippen molar-refractivity contribution in [3.63, 3.8) is 0 Å². The van der Waals surface area contributed by atoms with Crippen molar-refractivity contribution in [2.75, 3.05) is 5.32 Å². The predicted octanol–water partition coefficient (Wildman–Crippen LogP) is 5.71. The molecule has 7 heteroatoms. The van der Waals surface area contributed by atoms with Gasteiger partial charge in [0.2, 0.25) is 0 Å². The number of benzene rings is 2. The number of thiazole rings is 1. The lowest BCUT2D eigenvalue weighted by Crippen LogP contribution is -2.03. The highest BCUT2D eigenvalue weighted by Gasteiger charge is 2.30. The molecule has 3 rings (SSSR count). The van der Waals surface area contributed by atoms with Crippen LogP contribution in [0.5, 0.6) is 0 Å². The molecule has 2 nitrogen and oxygen atoms in total. The zero-order valence-corrected chi connectivity index (χ0v) is 12.0. The van der Waals surface area contributed by atoms with Crippen molar-refractivity contribution in [3.05, 3.63) is 53.1 Å². The summed E-state index contributed by atoms with van der Waals surface area (Å²) in [7, 11) is 0. The van der Waals surface area contributed by atoms with Gasteiger partial charge in [-0.3, -0.25) is 0 Å². The van der Waals surface area contributed by atoms with E-state index < -0.39 is 11.7 Å². The predicted molar refractivity (Wildman–Crippen MR) is 79.4 cm³/mol. The fourth-order valence-electron chi connectivity index (χ4n) is 1.81. The summed E-state index contributed by atoms with van der Waals surface area (Å²) in [6, 6.07) is 10.5. The third-order valence-electron chi connectivity index (χ3n) is 2.81. The summed E-state index contributed by atoms with van der Waals surface area (Å²) in [5, 5.41) is 4.19. The summed E-state index contributed by atoms with van der Waals surface area (Å²) < 4.78 is 38.7. The van der Waals surface area contributed by atoms with Gasteiger partial charge in [0.25, 0.3) is 0 Å². The van der Waals surface area contributed by atoms with E-state index in [9.17, 15) is 13.2 Å². The minimum Gasteiger partial charge on any atom is -0.332 e. The van der Waals surface area contributed by atoms with E-state index >= 15 is 0 Å². The number of hydrogen-bond acceptors (Lipinski definition) is 3. The van der Waals surface area contributed by atoms with Gasteiger partial charge in [0.05, 0.1) is 15.8 Å². The first-order valence-corrected chi connectivity index (χ1v) is 7.12. The molecular weight excluding hydrogens is 321 g/mol. The average molecular weight is 329 g/mol. The van der Waals surface area contributed by atoms with Crippen LogP contribution in [0, 0.1) is 0 Å². The van der Waals surface area contributed by atoms with Gasteiger partial charge < -0.3 is 5.32 Å². The van der Waals surface area contributed by atoms with E-state index in [4.69, 9.17) is 11.6 Å². The van der Waals surface area contributed by atoms with Crippen LogP contribution in [0.1, 0.15) is 5.56 Å². The van der Waals surface area contributed by atoms with Crippen LogP contribution in [-0.4, -0.2) is 4.98 Å². The summed E-state index contributed by atoms with van der Waals surface area (Å²) in [4.78, 5) is 4.18. The van der Waals surface area contributed by atoms with E-state index in [0.29, 0.717) is 20.4 Å². The van der Waals surface area contributed by atoms with E-state index in [1.807, 2.05) is 0 Å². The maximum Gasteiger partial charge on any atom is 0.416 e. The Morgan fingerprint density at radius 3 is 2.43 bits per heavy atom. The molecule has 0 spiro atoms. The van der Waals surface area contributed by atoms with E-state index in [0.717, 1.165) is 17.8 Å². The van der Waals surface area contributed by atoms with Crippen molar-refractivity contribution in [1.82, 2.24) is 4.98 Å². The fourth-order valence-corrected chi connectivity index (χ4v) is 2.81. The summed E-state index contributed by atoms with van der Waals surface area (Å²) in [6.07, 6.45) is -4.36. The maximum atomic E-state index is 12.7. The Bertz CT molecular complexity index is 781. The smallest absolute Gasteiger partial charge is 0.332 e. The maximum absolute atomic E-state index is 12.7. The first-order valence-electron chi connectivity index (χ1n) is 5.92. The van der Waals surface area contributed by atoms with E-state index in [1.165, 1.54) is 17.4 Å². The molecule has 0 amide bonds. The number of hydrogen-bond donors (Lipinski definition) is 1. The Hall–Kier alpha value is -1.79. The number of rotatable bonds is 2. The van der Waals surface area contributed by atoms with Crippen LogP contribution in [0.15, 0.2) is 42.5 Å². The zero-order chi connectivity index (χ0) is 15.0. The zero-order valence-electron chi connectivity index (χ0n) is 10.4. The lowest BCUT2D eigenvalue weighted by atomic mass is 10.2. The molecule has 0 aliphatic carbocycles. The molecule has 0 fully saturated rings. The third kappa shape index (κ3) is 3.11. The van der Waals surface area contributed by atoms with Crippen LogP contribution >= 0.6 is 22.9 Å². The minimum absolute atomic E-state index is 0.325. The Morgan fingerprint density at radius 2 is 1.76 bits per heavy atom. The Kier molecular flexibility index (Phi) is 3.51. The number of fused-ring (bicyclic) bond motifs is 1.